The van der Waals surface area contributed by atoms with Crippen LogP contribution in [-0.4, -0.2) is 30.8 Å². The van der Waals surface area contributed by atoms with Crippen LogP contribution in [0.4, 0.5) is 6.01 Å². The molecule has 1 aromatic heterocycles. The van der Waals surface area contributed by atoms with Gasteiger partial charge in [0, 0.05) is 27.4 Å². The van der Waals surface area contributed by atoms with Crippen molar-refractivity contribution in [1.82, 2.24) is 10.2 Å². The number of anilines is 1. The minimum atomic E-state index is -3.43. The number of carbonyl (C=O) groups is 1. The third kappa shape index (κ3) is 4.21. The molecule has 134 valence electrons. The van der Waals surface area contributed by atoms with Gasteiger partial charge in [-0.25, -0.2) is 8.42 Å². The molecule has 0 atom stereocenters. The van der Waals surface area contributed by atoms with Crippen molar-refractivity contribution in [1.29, 1.82) is 0 Å². The SMILES string of the molecule is CS(=O)(=O)c1cccc(C(=O)Nc2nnc(-c3cc(Cl)cc(Cl)c3)o2)c1. The van der Waals surface area contributed by atoms with Crippen LogP contribution >= 0.6 is 23.2 Å². The van der Waals surface area contributed by atoms with E-state index in [0.717, 1.165) is 6.26 Å². The van der Waals surface area contributed by atoms with Gasteiger partial charge in [0.1, 0.15) is 0 Å². The number of hydrogen-bond acceptors (Lipinski definition) is 6. The standard InChI is InChI=1S/C16H11Cl2N3O4S/c1-26(23,24)13-4-2-3-9(7-13)14(22)19-16-21-20-15(25-16)10-5-11(17)8-12(18)6-10/h2-8H,1H3,(H,19,21,22). The van der Waals surface area contributed by atoms with Crippen molar-refractivity contribution in [2.45, 2.75) is 4.90 Å². The maximum Gasteiger partial charge on any atom is 0.322 e. The molecule has 0 aliphatic heterocycles. The minimum Gasteiger partial charge on any atom is -0.403 e. The molecule has 0 saturated carbocycles. The van der Waals surface area contributed by atoms with E-state index in [2.05, 4.69) is 15.5 Å². The molecular formula is C16H11Cl2N3O4S. The molecule has 0 unspecified atom stereocenters. The Labute approximate surface area is 158 Å². The molecule has 1 amide bonds. The third-order valence-electron chi connectivity index (χ3n) is 3.28. The fourth-order valence-electron chi connectivity index (χ4n) is 2.10. The van der Waals surface area contributed by atoms with Crippen molar-refractivity contribution in [2.24, 2.45) is 0 Å². The van der Waals surface area contributed by atoms with Gasteiger partial charge >= 0.3 is 6.01 Å². The Bertz CT molecular complexity index is 1080. The summed E-state index contributed by atoms with van der Waals surface area (Å²) in [5.74, 6) is -0.468. The first kappa shape index (κ1) is 18.4. The van der Waals surface area contributed by atoms with Gasteiger partial charge in [-0.1, -0.05) is 34.4 Å². The second kappa shape index (κ2) is 7.06. The summed E-state index contributed by atoms with van der Waals surface area (Å²) in [7, 11) is -3.43. The highest BCUT2D eigenvalue weighted by Gasteiger charge is 2.15. The van der Waals surface area contributed by atoms with E-state index >= 15 is 0 Å². The van der Waals surface area contributed by atoms with E-state index in [1.54, 1.807) is 18.2 Å². The number of sulfone groups is 1. The zero-order chi connectivity index (χ0) is 18.9. The van der Waals surface area contributed by atoms with Gasteiger partial charge < -0.3 is 4.42 Å². The molecule has 0 bridgehead atoms. The molecule has 0 radical (unpaired) electrons. The van der Waals surface area contributed by atoms with Crippen LogP contribution in [0.3, 0.4) is 0 Å². The van der Waals surface area contributed by atoms with Crippen molar-refractivity contribution in [3.63, 3.8) is 0 Å². The van der Waals surface area contributed by atoms with Crippen LogP contribution in [-0.2, 0) is 9.84 Å². The number of hydrogen-bond donors (Lipinski definition) is 1. The summed E-state index contributed by atoms with van der Waals surface area (Å²) < 4.78 is 28.6. The van der Waals surface area contributed by atoms with Crippen molar-refractivity contribution in [3.05, 3.63) is 58.1 Å². The Morgan fingerprint density at radius 1 is 1.08 bits per heavy atom. The second-order valence-electron chi connectivity index (χ2n) is 5.32. The number of carbonyl (C=O) groups excluding carboxylic acids is 1. The van der Waals surface area contributed by atoms with Gasteiger partial charge in [-0.3, -0.25) is 10.1 Å². The van der Waals surface area contributed by atoms with Crippen LogP contribution < -0.4 is 5.32 Å². The first-order valence-corrected chi connectivity index (χ1v) is 9.78. The Hall–Kier alpha value is -2.42. The highest BCUT2D eigenvalue weighted by Crippen LogP contribution is 2.27. The molecule has 0 aliphatic rings. The van der Waals surface area contributed by atoms with E-state index in [1.165, 1.54) is 24.3 Å². The molecule has 0 saturated heterocycles. The fourth-order valence-corrected chi connectivity index (χ4v) is 3.30. The largest absolute Gasteiger partial charge is 0.403 e. The molecule has 26 heavy (non-hydrogen) atoms. The zero-order valence-electron chi connectivity index (χ0n) is 13.2. The quantitative estimate of drug-likeness (QED) is 0.701. The summed E-state index contributed by atoms with van der Waals surface area (Å²) in [6, 6.07) is 10.2. The van der Waals surface area contributed by atoms with Crippen molar-refractivity contribution in [2.75, 3.05) is 11.6 Å². The van der Waals surface area contributed by atoms with Crippen molar-refractivity contribution < 1.29 is 17.6 Å². The lowest BCUT2D eigenvalue weighted by Gasteiger charge is -2.03. The number of nitrogens with one attached hydrogen (secondary N) is 1. The Morgan fingerprint density at radius 2 is 1.77 bits per heavy atom. The van der Waals surface area contributed by atoms with Crippen LogP contribution in [0, 0.1) is 0 Å². The molecule has 0 spiro atoms. The Morgan fingerprint density at radius 3 is 2.42 bits per heavy atom. The van der Waals surface area contributed by atoms with Crippen LogP contribution in [0.5, 0.6) is 0 Å². The van der Waals surface area contributed by atoms with Crippen molar-refractivity contribution >= 4 is 45.0 Å². The van der Waals surface area contributed by atoms with Crippen LogP contribution in [0.1, 0.15) is 10.4 Å². The number of rotatable bonds is 4. The predicted molar refractivity (Wildman–Crippen MR) is 97.3 cm³/mol. The average Bonchev–Trinajstić information content (AvgIpc) is 3.02. The summed E-state index contributed by atoms with van der Waals surface area (Å²) in [6.07, 6.45) is 1.06. The molecule has 3 aromatic rings. The molecule has 0 fully saturated rings. The predicted octanol–water partition coefficient (Wildman–Crippen LogP) is 3.70. The second-order valence-corrected chi connectivity index (χ2v) is 8.21. The monoisotopic (exact) mass is 411 g/mol. The zero-order valence-corrected chi connectivity index (χ0v) is 15.6. The summed E-state index contributed by atoms with van der Waals surface area (Å²) in [6.45, 7) is 0. The molecular weight excluding hydrogens is 401 g/mol. The molecule has 1 N–H and O–H groups in total. The van der Waals surface area contributed by atoms with E-state index in [0.29, 0.717) is 15.6 Å². The number of amides is 1. The van der Waals surface area contributed by atoms with Gasteiger partial charge in [-0.05, 0) is 36.4 Å². The third-order valence-corrected chi connectivity index (χ3v) is 4.83. The first-order valence-electron chi connectivity index (χ1n) is 7.14. The smallest absolute Gasteiger partial charge is 0.322 e. The van der Waals surface area contributed by atoms with Gasteiger partial charge in [0.25, 0.3) is 5.91 Å². The lowest BCUT2D eigenvalue weighted by atomic mass is 10.2. The van der Waals surface area contributed by atoms with Gasteiger partial charge in [-0.2, -0.15) is 0 Å². The molecule has 0 aliphatic carbocycles. The normalized spacial score (nSPS) is 11.3. The van der Waals surface area contributed by atoms with Crippen LogP contribution in [0.25, 0.3) is 11.5 Å². The maximum absolute atomic E-state index is 12.3. The van der Waals surface area contributed by atoms with Crippen LogP contribution in [0.2, 0.25) is 10.0 Å². The Balaban J connectivity index is 1.82. The highest BCUT2D eigenvalue weighted by molar-refractivity contribution is 7.90. The molecule has 7 nitrogen and oxygen atoms in total. The van der Waals surface area contributed by atoms with Gasteiger partial charge in [0.05, 0.1) is 4.90 Å². The lowest BCUT2D eigenvalue weighted by molar-refractivity contribution is 0.102. The summed E-state index contributed by atoms with van der Waals surface area (Å²) in [5.41, 5.74) is 0.632. The number of halogens is 2. The molecule has 1 heterocycles. The van der Waals surface area contributed by atoms with E-state index < -0.39 is 15.7 Å². The van der Waals surface area contributed by atoms with Crippen LogP contribution in [0.15, 0.2) is 51.8 Å². The maximum atomic E-state index is 12.3. The summed E-state index contributed by atoms with van der Waals surface area (Å²) >= 11 is 11.9. The summed E-state index contributed by atoms with van der Waals surface area (Å²) in [5, 5.41) is 10.8. The van der Waals surface area contributed by atoms with E-state index in [1.807, 2.05) is 0 Å². The summed E-state index contributed by atoms with van der Waals surface area (Å²) in [4.78, 5) is 12.3. The van der Waals surface area contributed by atoms with E-state index in [-0.39, 0.29) is 22.4 Å². The average molecular weight is 412 g/mol. The molecule has 10 heteroatoms. The van der Waals surface area contributed by atoms with Gasteiger partial charge in [0.15, 0.2) is 9.84 Å². The number of nitrogens with zero attached hydrogens (tertiary/aromatic N) is 2. The first-order chi connectivity index (χ1) is 12.2. The van der Waals surface area contributed by atoms with Gasteiger partial charge in [-0.15, -0.1) is 5.10 Å². The lowest BCUT2D eigenvalue weighted by Crippen LogP contribution is -2.13. The number of aromatic nitrogens is 2. The molecule has 3 rings (SSSR count). The van der Waals surface area contributed by atoms with Gasteiger partial charge in [0.2, 0.25) is 5.89 Å². The number of benzene rings is 2. The van der Waals surface area contributed by atoms with E-state index in [9.17, 15) is 13.2 Å². The minimum absolute atomic E-state index is 0.0323. The topological polar surface area (TPSA) is 102 Å². The van der Waals surface area contributed by atoms with Crippen molar-refractivity contribution in [3.8, 4) is 11.5 Å². The fraction of sp³-hybridized carbons (Fsp3) is 0.0625. The Kier molecular flexibility index (Phi) is 4.99. The highest BCUT2D eigenvalue weighted by atomic mass is 35.5. The van der Waals surface area contributed by atoms with E-state index in [4.69, 9.17) is 27.6 Å². The molecule has 2 aromatic carbocycles.